The Hall–Kier alpha value is -3.06. The Morgan fingerprint density at radius 2 is 1.68 bits per heavy atom. The molecule has 1 amide bonds. The lowest BCUT2D eigenvalue weighted by atomic mass is 10.1. The maximum atomic E-state index is 11.9. The summed E-state index contributed by atoms with van der Waals surface area (Å²) >= 11 is 5.79. The molecular weight excluding hydrogens is 386 g/mol. The molecule has 0 heterocycles. The molecule has 0 unspecified atom stereocenters. The molecule has 8 heteroatoms. The summed E-state index contributed by atoms with van der Waals surface area (Å²) in [5, 5.41) is 3.18. The molecule has 0 aromatic heterocycles. The second-order valence-corrected chi connectivity index (χ2v) is 6.22. The molecule has 1 atom stereocenters. The van der Waals surface area contributed by atoms with Gasteiger partial charge in [0.05, 0.1) is 12.7 Å². The van der Waals surface area contributed by atoms with Crippen LogP contribution in [0.15, 0.2) is 48.5 Å². The Kier molecular flexibility index (Phi) is 7.83. The van der Waals surface area contributed by atoms with Crippen LogP contribution in [0.4, 0.5) is 0 Å². The van der Waals surface area contributed by atoms with Crippen LogP contribution in [0.1, 0.15) is 22.8 Å². The molecule has 0 fully saturated rings. The van der Waals surface area contributed by atoms with Crippen molar-refractivity contribution in [2.24, 2.45) is 0 Å². The molecule has 2 rings (SSSR count). The molecule has 0 spiro atoms. The summed E-state index contributed by atoms with van der Waals surface area (Å²) in [6.45, 7) is 1.33. The van der Waals surface area contributed by atoms with Crippen LogP contribution in [0, 0.1) is 0 Å². The number of ether oxygens (including phenoxy) is 3. The topological polar surface area (TPSA) is 90.9 Å². The number of nitrogens with one attached hydrogen (secondary N) is 1. The van der Waals surface area contributed by atoms with E-state index in [1.807, 2.05) is 0 Å². The maximum Gasteiger partial charge on any atom is 0.347 e. The number of hydrogen-bond acceptors (Lipinski definition) is 6. The van der Waals surface area contributed by atoms with Crippen LogP contribution in [-0.2, 0) is 25.6 Å². The van der Waals surface area contributed by atoms with Gasteiger partial charge in [-0.15, -0.1) is 0 Å². The molecule has 28 heavy (non-hydrogen) atoms. The lowest BCUT2D eigenvalue weighted by Gasteiger charge is -2.14. The molecule has 2 aromatic carbocycles. The van der Waals surface area contributed by atoms with Crippen molar-refractivity contribution in [3.05, 3.63) is 64.7 Å². The van der Waals surface area contributed by atoms with Gasteiger partial charge in [-0.05, 0) is 48.9 Å². The van der Waals surface area contributed by atoms with E-state index in [1.165, 1.54) is 14.0 Å². The van der Waals surface area contributed by atoms with E-state index >= 15 is 0 Å². The lowest BCUT2D eigenvalue weighted by molar-refractivity contribution is -0.154. The SMILES string of the molecule is COC(=O)c1ccc(CNC(=O)COC(=O)[C@@H](C)Oc2ccc(Cl)cc2)cc1. The Balaban J connectivity index is 1.73. The van der Waals surface area contributed by atoms with Gasteiger partial charge in [0.1, 0.15) is 5.75 Å². The van der Waals surface area contributed by atoms with Crippen LogP contribution in [0.3, 0.4) is 0 Å². The Morgan fingerprint density at radius 3 is 2.29 bits per heavy atom. The molecule has 2 aromatic rings. The molecule has 0 aliphatic heterocycles. The molecule has 148 valence electrons. The summed E-state index contributed by atoms with van der Waals surface area (Å²) in [5.41, 5.74) is 1.20. The monoisotopic (exact) mass is 405 g/mol. The predicted octanol–water partition coefficient (Wildman–Crippen LogP) is 2.75. The van der Waals surface area contributed by atoms with Crippen molar-refractivity contribution >= 4 is 29.4 Å². The zero-order chi connectivity index (χ0) is 20.5. The minimum absolute atomic E-state index is 0.231. The van der Waals surface area contributed by atoms with E-state index in [9.17, 15) is 14.4 Å². The highest BCUT2D eigenvalue weighted by Gasteiger charge is 2.17. The summed E-state index contributed by atoms with van der Waals surface area (Å²) in [6.07, 6.45) is -0.875. The second-order valence-electron chi connectivity index (χ2n) is 5.79. The maximum absolute atomic E-state index is 11.9. The van der Waals surface area contributed by atoms with Gasteiger partial charge in [-0.25, -0.2) is 9.59 Å². The zero-order valence-electron chi connectivity index (χ0n) is 15.4. The Bertz CT molecular complexity index is 820. The molecular formula is C20H20ClNO6. The van der Waals surface area contributed by atoms with Crippen molar-refractivity contribution in [1.82, 2.24) is 5.32 Å². The van der Waals surface area contributed by atoms with E-state index in [4.69, 9.17) is 21.1 Å². The van der Waals surface area contributed by atoms with E-state index in [1.54, 1.807) is 48.5 Å². The quantitative estimate of drug-likeness (QED) is 0.679. The van der Waals surface area contributed by atoms with E-state index < -0.39 is 30.6 Å². The lowest BCUT2D eigenvalue weighted by Crippen LogP contribution is -2.32. The first-order valence-electron chi connectivity index (χ1n) is 8.42. The third-order valence-corrected chi connectivity index (χ3v) is 3.92. The van der Waals surface area contributed by atoms with Gasteiger partial charge in [-0.1, -0.05) is 23.7 Å². The van der Waals surface area contributed by atoms with Crippen molar-refractivity contribution in [1.29, 1.82) is 0 Å². The van der Waals surface area contributed by atoms with E-state index in [2.05, 4.69) is 10.1 Å². The summed E-state index contributed by atoms with van der Waals surface area (Å²) in [6, 6.07) is 13.1. The number of amides is 1. The number of esters is 2. The van der Waals surface area contributed by atoms with Crippen LogP contribution in [0.5, 0.6) is 5.75 Å². The predicted molar refractivity (Wildman–Crippen MR) is 102 cm³/mol. The van der Waals surface area contributed by atoms with Crippen LogP contribution in [-0.4, -0.2) is 37.7 Å². The Morgan fingerprint density at radius 1 is 1.04 bits per heavy atom. The van der Waals surface area contributed by atoms with Crippen molar-refractivity contribution in [2.75, 3.05) is 13.7 Å². The van der Waals surface area contributed by atoms with Gasteiger partial charge in [0.2, 0.25) is 0 Å². The molecule has 7 nitrogen and oxygen atoms in total. The largest absolute Gasteiger partial charge is 0.479 e. The molecule has 0 aliphatic rings. The second kappa shape index (κ2) is 10.3. The van der Waals surface area contributed by atoms with Gasteiger partial charge in [-0.2, -0.15) is 0 Å². The standard InChI is InChI=1S/C20H20ClNO6/c1-13(28-17-9-7-16(21)8-10-17)19(24)27-12-18(23)22-11-14-3-5-15(6-4-14)20(25)26-2/h3-10,13H,11-12H2,1-2H3,(H,22,23)/t13-/m1/s1. The van der Waals surface area contributed by atoms with Crippen molar-refractivity contribution < 1.29 is 28.6 Å². The minimum atomic E-state index is -0.875. The van der Waals surface area contributed by atoms with Gasteiger partial charge in [0, 0.05) is 11.6 Å². The van der Waals surface area contributed by atoms with Gasteiger partial charge >= 0.3 is 11.9 Å². The van der Waals surface area contributed by atoms with Crippen LogP contribution in [0.25, 0.3) is 0 Å². The fourth-order valence-electron chi connectivity index (χ4n) is 2.15. The Labute approximate surface area is 167 Å². The fraction of sp³-hybridized carbons (Fsp3) is 0.250. The van der Waals surface area contributed by atoms with Crippen LogP contribution in [0.2, 0.25) is 5.02 Å². The molecule has 1 N–H and O–H groups in total. The number of rotatable bonds is 8. The highest BCUT2D eigenvalue weighted by atomic mass is 35.5. The van der Waals surface area contributed by atoms with E-state index in [0.29, 0.717) is 16.3 Å². The number of carbonyl (C=O) groups is 3. The molecule has 0 saturated heterocycles. The van der Waals surface area contributed by atoms with E-state index in [0.717, 1.165) is 5.56 Å². The van der Waals surface area contributed by atoms with Gasteiger partial charge in [0.15, 0.2) is 12.7 Å². The smallest absolute Gasteiger partial charge is 0.347 e. The highest BCUT2D eigenvalue weighted by Crippen LogP contribution is 2.17. The number of benzene rings is 2. The first kappa shape index (κ1) is 21.2. The molecule has 0 aliphatic carbocycles. The average Bonchev–Trinajstić information content (AvgIpc) is 2.71. The summed E-state index contributed by atoms with van der Waals surface area (Å²) < 4.78 is 15.0. The van der Waals surface area contributed by atoms with Gasteiger partial charge in [0.25, 0.3) is 5.91 Å². The van der Waals surface area contributed by atoms with Crippen molar-refractivity contribution in [2.45, 2.75) is 19.6 Å². The number of halogens is 1. The number of hydrogen-bond donors (Lipinski definition) is 1. The van der Waals surface area contributed by atoms with Gasteiger partial charge in [-0.3, -0.25) is 4.79 Å². The third-order valence-electron chi connectivity index (χ3n) is 3.67. The van der Waals surface area contributed by atoms with Crippen molar-refractivity contribution in [3.8, 4) is 5.75 Å². The van der Waals surface area contributed by atoms with Crippen LogP contribution < -0.4 is 10.1 Å². The fourth-order valence-corrected chi connectivity index (χ4v) is 2.27. The van der Waals surface area contributed by atoms with Crippen molar-refractivity contribution in [3.63, 3.8) is 0 Å². The van der Waals surface area contributed by atoms with E-state index in [-0.39, 0.29) is 6.54 Å². The zero-order valence-corrected chi connectivity index (χ0v) is 16.2. The molecule has 0 bridgehead atoms. The summed E-state index contributed by atoms with van der Waals surface area (Å²) in [4.78, 5) is 35.1. The number of methoxy groups -OCH3 is 1. The summed E-state index contributed by atoms with van der Waals surface area (Å²) in [5.74, 6) is -1.08. The van der Waals surface area contributed by atoms with Gasteiger partial charge < -0.3 is 19.5 Å². The normalized spacial score (nSPS) is 11.2. The summed E-state index contributed by atoms with van der Waals surface area (Å²) in [7, 11) is 1.30. The van der Waals surface area contributed by atoms with Crippen LogP contribution >= 0.6 is 11.6 Å². The minimum Gasteiger partial charge on any atom is -0.479 e. The number of carbonyl (C=O) groups excluding carboxylic acids is 3. The third kappa shape index (κ3) is 6.59. The molecule has 0 saturated carbocycles. The highest BCUT2D eigenvalue weighted by molar-refractivity contribution is 6.30. The average molecular weight is 406 g/mol. The molecule has 0 radical (unpaired) electrons. The first-order chi connectivity index (χ1) is 13.4. The first-order valence-corrected chi connectivity index (χ1v) is 8.79.